The lowest BCUT2D eigenvalue weighted by Gasteiger charge is -2.30. The number of nitrogens with two attached hydrogens (primary N) is 1. The highest BCUT2D eigenvalue weighted by atomic mass is 16.5. The number of amides is 4. The average Bonchev–Trinajstić information content (AvgIpc) is 3.01. The summed E-state index contributed by atoms with van der Waals surface area (Å²) in [6.07, 6.45) is 4.37. The summed E-state index contributed by atoms with van der Waals surface area (Å²) >= 11 is 0. The normalized spacial score (nSPS) is 14.6. The molecular weight excluding hydrogens is 608 g/mol. The van der Waals surface area contributed by atoms with Crippen molar-refractivity contribution in [2.45, 2.75) is 111 Å². The number of hydrogen-bond donors (Lipinski definition) is 5. The summed E-state index contributed by atoms with van der Waals surface area (Å²) < 4.78 is 5.85. The zero-order chi connectivity index (χ0) is 35.8. The molecule has 4 amide bonds. The van der Waals surface area contributed by atoms with E-state index in [1.54, 1.807) is 24.5 Å². The third-order valence-corrected chi connectivity index (χ3v) is 7.98. The van der Waals surface area contributed by atoms with Gasteiger partial charge in [-0.3, -0.25) is 24.2 Å². The van der Waals surface area contributed by atoms with E-state index in [9.17, 15) is 19.2 Å². The molecule has 0 aliphatic carbocycles. The van der Waals surface area contributed by atoms with E-state index in [1.807, 2.05) is 85.7 Å². The van der Waals surface area contributed by atoms with Gasteiger partial charge in [0, 0.05) is 31.1 Å². The fourth-order valence-corrected chi connectivity index (χ4v) is 5.21. The molecule has 0 fully saturated rings. The van der Waals surface area contributed by atoms with Crippen LogP contribution in [-0.2, 0) is 25.6 Å². The van der Waals surface area contributed by atoms with Crippen molar-refractivity contribution in [1.82, 2.24) is 26.3 Å². The Morgan fingerprint density at radius 2 is 1.40 bits per heavy atom. The van der Waals surface area contributed by atoms with Gasteiger partial charge in [0.2, 0.25) is 23.6 Å². The van der Waals surface area contributed by atoms with Gasteiger partial charge in [0.25, 0.3) is 0 Å². The van der Waals surface area contributed by atoms with Gasteiger partial charge in [-0.15, -0.1) is 0 Å². The summed E-state index contributed by atoms with van der Waals surface area (Å²) in [5, 5.41) is 11.8. The lowest BCUT2D eigenvalue weighted by molar-refractivity contribution is -0.133. The molecule has 11 heteroatoms. The van der Waals surface area contributed by atoms with E-state index in [0.29, 0.717) is 25.0 Å². The fraction of sp³-hybridized carbons (Fsp3) is 0.595. The summed E-state index contributed by atoms with van der Waals surface area (Å²) in [7, 11) is 0. The predicted molar refractivity (Wildman–Crippen MR) is 189 cm³/mol. The quantitative estimate of drug-likeness (QED) is 0.144. The van der Waals surface area contributed by atoms with Crippen LogP contribution in [0.1, 0.15) is 80.2 Å². The molecular formula is C37H58N6O5. The van der Waals surface area contributed by atoms with Crippen LogP contribution in [0, 0.1) is 23.7 Å². The minimum atomic E-state index is -0.886. The summed E-state index contributed by atoms with van der Waals surface area (Å²) in [6, 6.07) is 9.92. The Balaban J connectivity index is 2.18. The van der Waals surface area contributed by atoms with E-state index in [0.717, 1.165) is 5.56 Å². The number of pyridine rings is 1. The van der Waals surface area contributed by atoms with Crippen LogP contribution in [0.15, 0.2) is 54.9 Å². The van der Waals surface area contributed by atoms with Gasteiger partial charge in [-0.2, -0.15) is 0 Å². The van der Waals surface area contributed by atoms with Gasteiger partial charge >= 0.3 is 0 Å². The minimum Gasteiger partial charge on any atom is -0.490 e. The number of nitrogens with zero attached hydrogens (tertiary/aromatic N) is 1. The first-order valence-corrected chi connectivity index (χ1v) is 17.2. The maximum atomic E-state index is 13.8. The molecule has 0 saturated carbocycles. The largest absolute Gasteiger partial charge is 0.490 e. The number of ether oxygens (including phenoxy) is 1. The van der Waals surface area contributed by atoms with E-state index < -0.39 is 36.0 Å². The van der Waals surface area contributed by atoms with Gasteiger partial charge in [0.05, 0.1) is 12.2 Å². The maximum Gasteiger partial charge on any atom is 0.243 e. The van der Waals surface area contributed by atoms with Gasteiger partial charge < -0.3 is 31.7 Å². The van der Waals surface area contributed by atoms with Crippen molar-refractivity contribution in [3.63, 3.8) is 0 Å². The molecule has 2 unspecified atom stereocenters. The zero-order valence-corrected chi connectivity index (χ0v) is 30.0. The van der Waals surface area contributed by atoms with E-state index in [4.69, 9.17) is 10.5 Å². The number of carbonyl (C=O) groups excluding carboxylic acids is 4. The molecule has 48 heavy (non-hydrogen) atoms. The summed E-state index contributed by atoms with van der Waals surface area (Å²) in [5.41, 5.74) is 7.60. The monoisotopic (exact) mass is 666 g/mol. The highest BCUT2D eigenvalue weighted by Crippen LogP contribution is 2.14. The van der Waals surface area contributed by atoms with Crippen LogP contribution in [0.4, 0.5) is 0 Å². The van der Waals surface area contributed by atoms with Crippen LogP contribution in [0.2, 0.25) is 0 Å². The number of rotatable bonds is 20. The van der Waals surface area contributed by atoms with E-state index in [-0.39, 0.29) is 54.6 Å². The van der Waals surface area contributed by atoms with Crippen LogP contribution in [0.25, 0.3) is 0 Å². The van der Waals surface area contributed by atoms with Crippen molar-refractivity contribution < 1.29 is 23.9 Å². The molecule has 0 bridgehead atoms. The summed E-state index contributed by atoms with van der Waals surface area (Å²) in [4.78, 5) is 57.2. The Hall–Kier alpha value is -3.99. The highest BCUT2D eigenvalue weighted by molar-refractivity contribution is 5.92. The molecule has 0 saturated heterocycles. The molecule has 266 valence electrons. The third-order valence-electron chi connectivity index (χ3n) is 7.98. The fourth-order valence-electron chi connectivity index (χ4n) is 5.21. The Morgan fingerprint density at radius 1 is 0.729 bits per heavy atom. The van der Waals surface area contributed by atoms with Gasteiger partial charge in [-0.1, -0.05) is 85.7 Å². The molecule has 0 radical (unpaired) electrons. The second-order valence-corrected chi connectivity index (χ2v) is 14.2. The molecule has 11 nitrogen and oxygen atoms in total. The molecule has 1 aromatic carbocycles. The first kappa shape index (κ1) is 40.2. The zero-order valence-electron chi connectivity index (χ0n) is 30.0. The van der Waals surface area contributed by atoms with Gasteiger partial charge in [-0.05, 0) is 54.2 Å². The van der Waals surface area contributed by atoms with Crippen molar-refractivity contribution in [3.05, 3.63) is 60.4 Å². The third kappa shape index (κ3) is 14.8. The second-order valence-electron chi connectivity index (χ2n) is 14.2. The lowest BCUT2D eigenvalue weighted by Crippen LogP contribution is -2.59. The smallest absolute Gasteiger partial charge is 0.243 e. The lowest BCUT2D eigenvalue weighted by atomic mass is 9.95. The Labute approximate surface area is 286 Å². The molecule has 1 aromatic heterocycles. The van der Waals surface area contributed by atoms with E-state index in [1.165, 1.54) is 0 Å². The molecule has 2 aromatic rings. The average molecular weight is 667 g/mol. The van der Waals surface area contributed by atoms with Crippen molar-refractivity contribution in [1.29, 1.82) is 0 Å². The van der Waals surface area contributed by atoms with Crippen LogP contribution < -0.4 is 31.7 Å². The van der Waals surface area contributed by atoms with Gasteiger partial charge in [0.15, 0.2) is 0 Å². The molecule has 5 atom stereocenters. The molecule has 2 rings (SSSR count). The molecule has 6 N–H and O–H groups in total. The van der Waals surface area contributed by atoms with E-state index in [2.05, 4.69) is 26.3 Å². The van der Waals surface area contributed by atoms with Gasteiger partial charge in [0.1, 0.15) is 24.4 Å². The number of aromatic nitrogens is 1. The molecule has 0 aliphatic heterocycles. The number of nitrogens with one attached hydrogen (secondary N) is 4. The van der Waals surface area contributed by atoms with Gasteiger partial charge in [-0.25, -0.2) is 0 Å². The second kappa shape index (κ2) is 20.4. The Kier molecular flexibility index (Phi) is 17.1. The molecule has 0 aliphatic rings. The van der Waals surface area contributed by atoms with Crippen molar-refractivity contribution in [2.24, 2.45) is 29.4 Å². The Morgan fingerprint density at radius 3 is 1.96 bits per heavy atom. The number of hydrogen-bond acceptors (Lipinski definition) is 7. The van der Waals surface area contributed by atoms with E-state index >= 15 is 0 Å². The predicted octanol–water partition coefficient (Wildman–Crippen LogP) is 3.76. The van der Waals surface area contributed by atoms with Crippen LogP contribution in [-0.4, -0.2) is 65.4 Å². The number of benzene rings is 1. The highest BCUT2D eigenvalue weighted by Gasteiger charge is 2.32. The first-order chi connectivity index (χ1) is 22.7. The number of carbonyl (C=O) groups is 4. The van der Waals surface area contributed by atoms with Crippen LogP contribution in [0.3, 0.4) is 0 Å². The van der Waals surface area contributed by atoms with Crippen molar-refractivity contribution >= 4 is 23.6 Å². The Bertz CT molecular complexity index is 1270. The van der Waals surface area contributed by atoms with Crippen molar-refractivity contribution in [2.75, 3.05) is 6.61 Å². The summed E-state index contributed by atoms with van der Waals surface area (Å²) in [5.74, 6) is -0.551. The van der Waals surface area contributed by atoms with Crippen molar-refractivity contribution in [3.8, 4) is 5.75 Å². The molecule has 1 heterocycles. The van der Waals surface area contributed by atoms with Crippen LogP contribution in [0.5, 0.6) is 5.75 Å². The minimum absolute atomic E-state index is 0.0368. The SMILES string of the molecule is CC(C)CC(=O)N[C@@H](CC(C)C)C(=O)NC(C(=O)N[C@@H](Cc1ccccc1)[C@@H](N)CC(=O)NC(COc1cccnc1)C(C)C)C(C)C. The standard InChI is InChI=1S/C37H58N6O5/c1-23(2)17-31(40-33(44)18-24(3)4)36(46)43-35(26(7)8)37(47)42-30(19-27-13-10-9-11-14-27)29(38)20-34(45)41-32(25(5)6)22-48-28-15-12-16-39-21-28/h9-16,21,23-26,29-32,35H,17-20,22,38H2,1-8H3,(H,40,44)(H,41,45)(H,42,47)(H,43,46)/t29-,30-,31-,32?,35?/m0/s1. The topological polar surface area (TPSA) is 165 Å². The first-order valence-electron chi connectivity index (χ1n) is 17.2. The summed E-state index contributed by atoms with van der Waals surface area (Å²) in [6.45, 7) is 15.8. The molecule has 0 spiro atoms. The maximum absolute atomic E-state index is 13.8. The van der Waals surface area contributed by atoms with Crippen LogP contribution >= 0.6 is 0 Å².